The van der Waals surface area contributed by atoms with Crippen molar-refractivity contribution in [3.8, 4) is 0 Å². The molecule has 0 aromatic carbocycles. The van der Waals surface area contributed by atoms with Crippen LogP contribution in [0.4, 0.5) is 0 Å². The van der Waals surface area contributed by atoms with Crippen LogP contribution in [0.1, 0.15) is 5.69 Å². The van der Waals surface area contributed by atoms with Crippen molar-refractivity contribution in [3.63, 3.8) is 0 Å². The van der Waals surface area contributed by atoms with Crippen LogP contribution in [-0.2, 0) is 27.9 Å². The van der Waals surface area contributed by atoms with Gasteiger partial charge in [-0.3, -0.25) is 4.79 Å². The van der Waals surface area contributed by atoms with Crippen molar-refractivity contribution < 1.29 is 13.2 Å². The highest BCUT2D eigenvalue weighted by molar-refractivity contribution is 7.88. The molecule has 2 rings (SSSR count). The first-order valence-corrected chi connectivity index (χ1v) is 8.07. The van der Waals surface area contributed by atoms with E-state index in [2.05, 4.69) is 10.3 Å². The Hall–Kier alpha value is -1.52. The molecular weight excluding hydrogens is 284 g/mol. The Balaban J connectivity index is 1.89. The molecule has 0 bridgehead atoms. The first kappa shape index (κ1) is 14.9. The summed E-state index contributed by atoms with van der Waals surface area (Å²) in [7, 11) is -3.18. The van der Waals surface area contributed by atoms with Crippen LogP contribution in [0.3, 0.4) is 0 Å². The zero-order chi connectivity index (χ0) is 14.8. The molecule has 2 N–H and O–H groups in total. The van der Waals surface area contributed by atoms with Crippen LogP contribution >= 0.6 is 0 Å². The molecule has 1 aliphatic heterocycles. The van der Waals surface area contributed by atoms with Crippen LogP contribution < -0.4 is 5.73 Å². The fourth-order valence-corrected chi connectivity index (χ4v) is 2.84. The van der Waals surface area contributed by atoms with E-state index in [0.29, 0.717) is 31.9 Å². The maximum atomic E-state index is 12.1. The van der Waals surface area contributed by atoms with Crippen LogP contribution in [0.25, 0.3) is 0 Å². The van der Waals surface area contributed by atoms with Crippen molar-refractivity contribution in [2.45, 2.75) is 13.1 Å². The molecule has 1 aliphatic rings. The predicted octanol–water partition coefficient (Wildman–Crippen LogP) is -2.16. The van der Waals surface area contributed by atoms with Crippen molar-refractivity contribution in [2.75, 3.05) is 32.4 Å². The van der Waals surface area contributed by atoms with Gasteiger partial charge in [-0.05, 0) is 0 Å². The highest BCUT2D eigenvalue weighted by Crippen LogP contribution is 2.07. The van der Waals surface area contributed by atoms with Crippen molar-refractivity contribution >= 4 is 15.9 Å². The third kappa shape index (κ3) is 3.52. The average Bonchev–Trinajstić information content (AvgIpc) is 2.85. The van der Waals surface area contributed by atoms with E-state index in [4.69, 9.17) is 5.73 Å². The van der Waals surface area contributed by atoms with Gasteiger partial charge in [0.05, 0.1) is 18.1 Å². The van der Waals surface area contributed by atoms with Gasteiger partial charge in [-0.1, -0.05) is 5.21 Å². The zero-order valence-electron chi connectivity index (χ0n) is 11.3. The fraction of sp³-hybridized carbons (Fsp3) is 0.700. The lowest BCUT2D eigenvalue weighted by atomic mass is 10.3. The summed E-state index contributed by atoms with van der Waals surface area (Å²) in [5.74, 6) is -0.105. The summed E-state index contributed by atoms with van der Waals surface area (Å²) in [6.45, 7) is 1.81. The van der Waals surface area contributed by atoms with E-state index in [1.54, 1.807) is 11.1 Å². The smallest absolute Gasteiger partial charge is 0.244 e. The van der Waals surface area contributed by atoms with Crippen molar-refractivity contribution in [1.82, 2.24) is 24.2 Å². The quantitative estimate of drug-likeness (QED) is 0.677. The normalized spacial score (nSPS) is 17.4. The second kappa shape index (κ2) is 5.85. The Labute approximate surface area is 117 Å². The van der Waals surface area contributed by atoms with Gasteiger partial charge in [-0.2, -0.15) is 4.31 Å². The molecule has 1 aromatic heterocycles. The first-order valence-electron chi connectivity index (χ1n) is 6.22. The standard InChI is InChI=1S/C10H18N6O3S/c1-20(18,19)16-4-2-14(3-5-16)10(17)8-15-7-9(6-11)12-13-15/h7H,2-6,8,11H2,1H3. The molecule has 9 nitrogen and oxygen atoms in total. The summed E-state index contributed by atoms with van der Waals surface area (Å²) in [5.41, 5.74) is 6.04. The van der Waals surface area contributed by atoms with Gasteiger partial charge in [0.1, 0.15) is 6.54 Å². The number of nitrogens with two attached hydrogens (primary N) is 1. The van der Waals surface area contributed by atoms with Gasteiger partial charge in [-0.25, -0.2) is 13.1 Å². The molecule has 1 amide bonds. The third-order valence-electron chi connectivity index (χ3n) is 3.15. The van der Waals surface area contributed by atoms with Crippen molar-refractivity contribution in [1.29, 1.82) is 0 Å². The number of sulfonamides is 1. The highest BCUT2D eigenvalue weighted by Gasteiger charge is 2.26. The van der Waals surface area contributed by atoms with E-state index in [0.717, 1.165) is 0 Å². The van der Waals surface area contributed by atoms with Crippen molar-refractivity contribution in [2.24, 2.45) is 5.73 Å². The summed E-state index contributed by atoms with van der Waals surface area (Å²) >= 11 is 0. The minimum atomic E-state index is -3.18. The lowest BCUT2D eigenvalue weighted by Crippen LogP contribution is -2.51. The molecule has 2 heterocycles. The molecule has 112 valence electrons. The number of aromatic nitrogens is 3. The van der Waals surface area contributed by atoms with Gasteiger partial charge in [-0.15, -0.1) is 5.10 Å². The Morgan fingerprint density at radius 3 is 2.50 bits per heavy atom. The van der Waals surface area contributed by atoms with Gasteiger partial charge >= 0.3 is 0 Å². The summed E-state index contributed by atoms with van der Waals surface area (Å²) in [5, 5.41) is 7.62. The summed E-state index contributed by atoms with van der Waals surface area (Å²) in [4.78, 5) is 13.7. The second-order valence-electron chi connectivity index (χ2n) is 4.65. The molecule has 0 unspecified atom stereocenters. The van der Waals surface area contributed by atoms with Crippen molar-refractivity contribution in [3.05, 3.63) is 11.9 Å². The summed E-state index contributed by atoms with van der Waals surface area (Å²) in [6.07, 6.45) is 2.80. The number of hydrogen-bond acceptors (Lipinski definition) is 6. The number of hydrogen-bond donors (Lipinski definition) is 1. The van der Waals surface area contributed by atoms with E-state index in [1.165, 1.54) is 15.2 Å². The topological polar surface area (TPSA) is 114 Å². The molecular formula is C10H18N6O3S. The number of nitrogens with zero attached hydrogens (tertiary/aromatic N) is 5. The van der Waals surface area contributed by atoms with Crippen LogP contribution in [0.5, 0.6) is 0 Å². The molecule has 0 radical (unpaired) electrons. The van der Waals surface area contributed by atoms with Crippen LogP contribution in [-0.4, -0.2) is 71.0 Å². The first-order chi connectivity index (χ1) is 9.40. The van der Waals surface area contributed by atoms with Crippen LogP contribution in [0.15, 0.2) is 6.20 Å². The molecule has 0 spiro atoms. The molecule has 0 aliphatic carbocycles. The van der Waals surface area contributed by atoms with E-state index in [1.807, 2.05) is 0 Å². The van der Waals surface area contributed by atoms with Crippen LogP contribution in [0, 0.1) is 0 Å². The van der Waals surface area contributed by atoms with E-state index in [-0.39, 0.29) is 19.0 Å². The zero-order valence-corrected chi connectivity index (χ0v) is 12.1. The SMILES string of the molecule is CS(=O)(=O)N1CCN(C(=O)Cn2cc(CN)nn2)CC1. The van der Waals surface area contributed by atoms with E-state index >= 15 is 0 Å². The Kier molecular flexibility index (Phi) is 4.35. The van der Waals surface area contributed by atoms with Gasteiger partial charge in [0, 0.05) is 32.7 Å². The Bertz CT molecular complexity index is 576. The number of carbonyl (C=O) groups excluding carboxylic acids is 1. The van der Waals surface area contributed by atoms with Crippen LogP contribution in [0.2, 0.25) is 0 Å². The Morgan fingerprint density at radius 2 is 2.00 bits per heavy atom. The lowest BCUT2D eigenvalue weighted by molar-refractivity contribution is -0.133. The number of rotatable bonds is 4. The molecule has 1 saturated heterocycles. The largest absolute Gasteiger partial charge is 0.338 e. The second-order valence-corrected chi connectivity index (χ2v) is 6.64. The number of carbonyl (C=O) groups is 1. The summed E-state index contributed by atoms with van der Waals surface area (Å²) in [6, 6.07) is 0. The predicted molar refractivity (Wildman–Crippen MR) is 70.9 cm³/mol. The van der Waals surface area contributed by atoms with E-state index in [9.17, 15) is 13.2 Å². The molecule has 20 heavy (non-hydrogen) atoms. The highest BCUT2D eigenvalue weighted by atomic mass is 32.2. The number of amides is 1. The van der Waals surface area contributed by atoms with Gasteiger partial charge in [0.25, 0.3) is 0 Å². The minimum absolute atomic E-state index is 0.0892. The van der Waals surface area contributed by atoms with Gasteiger partial charge in [0.2, 0.25) is 15.9 Å². The van der Waals surface area contributed by atoms with Gasteiger partial charge in [0.15, 0.2) is 0 Å². The maximum absolute atomic E-state index is 12.1. The monoisotopic (exact) mass is 302 g/mol. The average molecular weight is 302 g/mol. The molecule has 1 fully saturated rings. The number of piperazine rings is 1. The fourth-order valence-electron chi connectivity index (χ4n) is 2.02. The Morgan fingerprint density at radius 1 is 1.35 bits per heavy atom. The molecule has 0 atom stereocenters. The molecule has 1 aromatic rings. The third-order valence-corrected chi connectivity index (χ3v) is 4.46. The lowest BCUT2D eigenvalue weighted by Gasteiger charge is -2.33. The summed E-state index contributed by atoms with van der Waals surface area (Å²) < 4.78 is 25.6. The molecule has 0 saturated carbocycles. The van der Waals surface area contributed by atoms with Gasteiger partial charge < -0.3 is 10.6 Å². The molecule has 10 heteroatoms. The van der Waals surface area contributed by atoms with E-state index < -0.39 is 10.0 Å². The maximum Gasteiger partial charge on any atom is 0.244 e. The minimum Gasteiger partial charge on any atom is -0.338 e.